The number of rotatable bonds is 0. The van der Waals surface area contributed by atoms with E-state index in [2.05, 4.69) is 17.4 Å². The van der Waals surface area contributed by atoms with Crippen LogP contribution in [0.5, 0.6) is 0 Å². The average molecular weight is 112 g/mol. The molecule has 46 valence electrons. The van der Waals surface area contributed by atoms with Gasteiger partial charge in [-0.05, 0) is 19.3 Å². The zero-order valence-corrected chi connectivity index (χ0v) is 5.22. The molecule has 2 saturated heterocycles. The summed E-state index contributed by atoms with van der Waals surface area (Å²) < 4.78 is 0. The van der Waals surface area contributed by atoms with E-state index < -0.39 is 0 Å². The Morgan fingerprint density at radius 1 is 1.62 bits per heavy atom. The summed E-state index contributed by atoms with van der Waals surface area (Å²) in [5, 5.41) is 2.33. The summed E-state index contributed by atoms with van der Waals surface area (Å²) in [4.78, 5) is 0. The Balaban J connectivity index is 2.11. The maximum atomic E-state index is 3.39. The van der Waals surface area contributed by atoms with Crippen LogP contribution in [0.2, 0.25) is 0 Å². The molecule has 3 atom stereocenters. The maximum Gasteiger partial charge on any atom is 0.0228 e. The van der Waals surface area contributed by atoms with E-state index in [0.717, 1.165) is 12.0 Å². The van der Waals surface area contributed by atoms with Gasteiger partial charge in [0.05, 0.1) is 0 Å². The van der Waals surface area contributed by atoms with E-state index in [1.54, 1.807) is 0 Å². The standard InChI is InChI=1S/C6H12N2/c1-5-6-2-3-8(4-6)7-5/h5-7H,2-4H2,1H3. The molecule has 0 aromatic heterocycles. The van der Waals surface area contributed by atoms with Gasteiger partial charge in [0.1, 0.15) is 0 Å². The van der Waals surface area contributed by atoms with Crippen LogP contribution >= 0.6 is 0 Å². The second-order valence-electron chi connectivity index (χ2n) is 2.91. The van der Waals surface area contributed by atoms with Crippen LogP contribution in [0.25, 0.3) is 0 Å². The summed E-state index contributed by atoms with van der Waals surface area (Å²) in [5.74, 6) is 0.954. The molecular formula is C6H12N2. The Kier molecular flexibility index (Phi) is 0.866. The second-order valence-corrected chi connectivity index (χ2v) is 2.91. The zero-order chi connectivity index (χ0) is 5.56. The number of hydrazine groups is 1. The molecule has 2 heterocycles. The third kappa shape index (κ3) is 0.501. The van der Waals surface area contributed by atoms with Gasteiger partial charge < -0.3 is 0 Å². The summed E-state index contributed by atoms with van der Waals surface area (Å²) >= 11 is 0. The first-order valence-electron chi connectivity index (χ1n) is 3.37. The Morgan fingerprint density at radius 3 is 2.75 bits per heavy atom. The number of nitrogens with zero attached hydrogens (tertiary/aromatic N) is 1. The van der Waals surface area contributed by atoms with Crippen LogP contribution in [0.15, 0.2) is 0 Å². The fraction of sp³-hybridized carbons (Fsp3) is 1.00. The van der Waals surface area contributed by atoms with Crippen molar-refractivity contribution in [2.24, 2.45) is 5.92 Å². The summed E-state index contributed by atoms with van der Waals surface area (Å²) in [7, 11) is 0. The minimum absolute atomic E-state index is 0.753. The predicted molar refractivity (Wildman–Crippen MR) is 32.3 cm³/mol. The monoisotopic (exact) mass is 112 g/mol. The maximum absolute atomic E-state index is 3.39. The Labute approximate surface area is 49.8 Å². The smallest absolute Gasteiger partial charge is 0.0228 e. The highest BCUT2D eigenvalue weighted by Gasteiger charge is 2.34. The molecule has 0 spiro atoms. The molecule has 0 aromatic rings. The summed E-state index contributed by atoms with van der Waals surface area (Å²) in [6, 6.07) is 0.753. The van der Waals surface area contributed by atoms with Crippen molar-refractivity contribution in [3.8, 4) is 0 Å². The molecule has 0 radical (unpaired) electrons. The van der Waals surface area contributed by atoms with Gasteiger partial charge >= 0.3 is 0 Å². The average Bonchev–Trinajstić information content (AvgIpc) is 2.23. The van der Waals surface area contributed by atoms with E-state index in [1.165, 1.54) is 19.5 Å². The second kappa shape index (κ2) is 1.45. The van der Waals surface area contributed by atoms with Crippen molar-refractivity contribution >= 4 is 0 Å². The third-order valence-electron chi connectivity index (χ3n) is 2.32. The van der Waals surface area contributed by atoms with Gasteiger partial charge in [-0.2, -0.15) is 0 Å². The van der Waals surface area contributed by atoms with Gasteiger partial charge in [-0.3, -0.25) is 5.43 Å². The Hall–Kier alpha value is -0.0800. The lowest BCUT2D eigenvalue weighted by molar-refractivity contribution is 0.236. The molecule has 2 heteroatoms. The lowest BCUT2D eigenvalue weighted by Crippen LogP contribution is -2.38. The molecule has 8 heavy (non-hydrogen) atoms. The van der Waals surface area contributed by atoms with Crippen LogP contribution in [-0.2, 0) is 0 Å². The SMILES string of the molecule is CC1NN2CCC1C2. The van der Waals surface area contributed by atoms with Gasteiger partial charge in [-0.1, -0.05) is 0 Å². The molecule has 2 rings (SSSR count). The molecule has 1 N–H and O–H groups in total. The number of hydrogen-bond donors (Lipinski definition) is 1. The fourth-order valence-electron chi connectivity index (χ4n) is 1.71. The van der Waals surface area contributed by atoms with Gasteiger partial charge in [0.15, 0.2) is 0 Å². The molecule has 2 fully saturated rings. The first-order valence-corrected chi connectivity index (χ1v) is 3.37. The van der Waals surface area contributed by atoms with Crippen molar-refractivity contribution in [3.05, 3.63) is 0 Å². The highest BCUT2D eigenvalue weighted by atomic mass is 15.6. The highest BCUT2D eigenvalue weighted by molar-refractivity contribution is 4.87. The van der Waals surface area contributed by atoms with Gasteiger partial charge in [0.2, 0.25) is 0 Å². The normalized spacial score (nSPS) is 52.9. The van der Waals surface area contributed by atoms with E-state index in [9.17, 15) is 0 Å². The van der Waals surface area contributed by atoms with Crippen LogP contribution in [-0.4, -0.2) is 24.1 Å². The molecular weight excluding hydrogens is 100 g/mol. The third-order valence-corrected chi connectivity index (χ3v) is 2.32. The van der Waals surface area contributed by atoms with Crippen LogP contribution in [0.1, 0.15) is 13.3 Å². The van der Waals surface area contributed by atoms with E-state index in [1.807, 2.05) is 0 Å². The first-order chi connectivity index (χ1) is 3.86. The Morgan fingerprint density at radius 2 is 2.50 bits per heavy atom. The highest BCUT2D eigenvalue weighted by Crippen LogP contribution is 2.24. The van der Waals surface area contributed by atoms with E-state index in [0.29, 0.717) is 0 Å². The molecule has 2 nitrogen and oxygen atoms in total. The zero-order valence-electron chi connectivity index (χ0n) is 5.22. The molecule has 3 unspecified atom stereocenters. The van der Waals surface area contributed by atoms with Crippen LogP contribution < -0.4 is 5.43 Å². The molecule has 0 aliphatic carbocycles. The van der Waals surface area contributed by atoms with Gasteiger partial charge in [-0.15, -0.1) is 0 Å². The summed E-state index contributed by atoms with van der Waals surface area (Å²) in [6.45, 7) is 4.83. The largest absolute Gasteiger partial charge is 0.252 e. The molecule has 2 bridgehead atoms. The van der Waals surface area contributed by atoms with Crippen molar-refractivity contribution in [2.75, 3.05) is 13.1 Å². The predicted octanol–water partition coefficient (Wildman–Crippen LogP) is 0.215. The molecule has 0 saturated carbocycles. The molecule has 0 aromatic carbocycles. The number of nitrogens with one attached hydrogen (secondary N) is 1. The lowest BCUT2D eigenvalue weighted by atomic mass is 10.0. The van der Waals surface area contributed by atoms with Crippen molar-refractivity contribution in [1.29, 1.82) is 0 Å². The van der Waals surface area contributed by atoms with Gasteiger partial charge in [-0.25, -0.2) is 5.01 Å². The number of hydrogen-bond acceptors (Lipinski definition) is 2. The molecule has 0 amide bonds. The van der Waals surface area contributed by atoms with Crippen molar-refractivity contribution in [2.45, 2.75) is 19.4 Å². The van der Waals surface area contributed by atoms with Gasteiger partial charge in [0, 0.05) is 19.1 Å². The minimum atomic E-state index is 0.753. The minimum Gasteiger partial charge on any atom is -0.252 e. The van der Waals surface area contributed by atoms with Crippen LogP contribution in [0.4, 0.5) is 0 Å². The molecule has 2 aliphatic heterocycles. The van der Waals surface area contributed by atoms with E-state index >= 15 is 0 Å². The Bertz CT molecular complexity index is 101. The summed E-state index contributed by atoms with van der Waals surface area (Å²) in [5.41, 5.74) is 3.39. The first kappa shape index (κ1) is 4.77. The molecule has 2 aliphatic rings. The quantitative estimate of drug-likeness (QED) is 0.482. The van der Waals surface area contributed by atoms with Crippen molar-refractivity contribution in [3.63, 3.8) is 0 Å². The van der Waals surface area contributed by atoms with Crippen LogP contribution in [0.3, 0.4) is 0 Å². The topological polar surface area (TPSA) is 15.3 Å². The van der Waals surface area contributed by atoms with E-state index in [-0.39, 0.29) is 0 Å². The lowest BCUT2D eigenvalue weighted by Gasteiger charge is -2.18. The summed E-state index contributed by atoms with van der Waals surface area (Å²) in [6.07, 6.45) is 1.41. The number of fused-ring (bicyclic) bond motifs is 2. The van der Waals surface area contributed by atoms with Crippen molar-refractivity contribution < 1.29 is 0 Å². The van der Waals surface area contributed by atoms with E-state index in [4.69, 9.17) is 0 Å². The van der Waals surface area contributed by atoms with Crippen LogP contribution in [0, 0.1) is 5.92 Å². The van der Waals surface area contributed by atoms with Crippen molar-refractivity contribution in [1.82, 2.24) is 10.4 Å². The van der Waals surface area contributed by atoms with Gasteiger partial charge in [0.25, 0.3) is 0 Å². The fourth-order valence-corrected chi connectivity index (χ4v) is 1.71.